The number of hydrogen-bond donors (Lipinski definition) is 2. The molecule has 88 valence electrons. The van der Waals surface area contributed by atoms with E-state index in [2.05, 4.69) is 21.2 Å². The Bertz CT molecular complexity index is 376. The SMILES string of the molecule is Cl.NCC(=O)NC1(c2ccc(Br)cc2)CC1. The van der Waals surface area contributed by atoms with Crippen LogP contribution in [0.4, 0.5) is 0 Å². The maximum Gasteiger partial charge on any atom is 0.234 e. The van der Waals surface area contributed by atoms with Gasteiger partial charge < -0.3 is 11.1 Å². The van der Waals surface area contributed by atoms with Crippen molar-refractivity contribution < 1.29 is 4.79 Å². The molecule has 1 aliphatic carbocycles. The van der Waals surface area contributed by atoms with Crippen LogP contribution in [0.2, 0.25) is 0 Å². The van der Waals surface area contributed by atoms with Gasteiger partial charge in [0.2, 0.25) is 5.91 Å². The van der Waals surface area contributed by atoms with Crippen molar-refractivity contribution in [2.45, 2.75) is 18.4 Å². The quantitative estimate of drug-likeness (QED) is 0.896. The third-order valence-corrected chi connectivity index (χ3v) is 3.24. The molecule has 2 rings (SSSR count). The summed E-state index contributed by atoms with van der Waals surface area (Å²) in [5.74, 6) is -0.0876. The molecule has 1 fully saturated rings. The second-order valence-corrected chi connectivity index (χ2v) is 4.76. The zero-order valence-electron chi connectivity index (χ0n) is 8.70. The Labute approximate surface area is 109 Å². The molecule has 1 saturated carbocycles. The van der Waals surface area contributed by atoms with Gasteiger partial charge in [-0.1, -0.05) is 28.1 Å². The van der Waals surface area contributed by atoms with E-state index in [1.807, 2.05) is 24.3 Å². The molecule has 0 aromatic heterocycles. The highest BCUT2D eigenvalue weighted by atomic mass is 79.9. The molecule has 1 aromatic carbocycles. The Morgan fingerprint density at radius 1 is 1.38 bits per heavy atom. The van der Waals surface area contributed by atoms with Crippen molar-refractivity contribution in [1.82, 2.24) is 5.32 Å². The lowest BCUT2D eigenvalue weighted by molar-refractivity contribution is -0.120. The second-order valence-electron chi connectivity index (χ2n) is 3.84. The van der Waals surface area contributed by atoms with Gasteiger partial charge in [0.15, 0.2) is 0 Å². The highest BCUT2D eigenvalue weighted by Gasteiger charge is 2.45. The minimum absolute atomic E-state index is 0. The van der Waals surface area contributed by atoms with Gasteiger partial charge in [-0.15, -0.1) is 12.4 Å². The fraction of sp³-hybridized carbons (Fsp3) is 0.364. The molecule has 0 aliphatic heterocycles. The fourth-order valence-electron chi connectivity index (χ4n) is 1.70. The molecule has 3 nitrogen and oxygen atoms in total. The predicted octanol–water partition coefficient (Wildman–Crippen LogP) is 1.93. The van der Waals surface area contributed by atoms with Gasteiger partial charge in [0, 0.05) is 4.47 Å². The number of rotatable bonds is 3. The summed E-state index contributed by atoms with van der Waals surface area (Å²) in [6.45, 7) is 0.0538. The fourth-order valence-corrected chi connectivity index (χ4v) is 1.96. The molecule has 3 N–H and O–H groups in total. The molecule has 0 atom stereocenters. The zero-order valence-corrected chi connectivity index (χ0v) is 11.1. The van der Waals surface area contributed by atoms with E-state index in [1.54, 1.807) is 0 Å². The van der Waals surface area contributed by atoms with Gasteiger partial charge in [-0.25, -0.2) is 0 Å². The van der Waals surface area contributed by atoms with E-state index in [-0.39, 0.29) is 30.4 Å². The van der Waals surface area contributed by atoms with Crippen LogP contribution in [0, 0.1) is 0 Å². The van der Waals surface area contributed by atoms with E-state index in [0.717, 1.165) is 22.9 Å². The van der Waals surface area contributed by atoms with Crippen LogP contribution in [0.15, 0.2) is 28.7 Å². The molecular formula is C11H14BrClN2O. The van der Waals surface area contributed by atoms with Crippen molar-refractivity contribution in [3.8, 4) is 0 Å². The molecule has 0 bridgehead atoms. The van der Waals surface area contributed by atoms with Crippen molar-refractivity contribution >= 4 is 34.2 Å². The summed E-state index contributed by atoms with van der Waals surface area (Å²) in [6.07, 6.45) is 2.00. The lowest BCUT2D eigenvalue weighted by Gasteiger charge is -2.17. The smallest absolute Gasteiger partial charge is 0.234 e. The molecule has 16 heavy (non-hydrogen) atoms. The number of benzene rings is 1. The number of nitrogens with two attached hydrogens (primary N) is 1. The molecule has 0 spiro atoms. The van der Waals surface area contributed by atoms with Crippen molar-refractivity contribution in [2.24, 2.45) is 5.73 Å². The van der Waals surface area contributed by atoms with E-state index in [1.165, 1.54) is 0 Å². The Balaban J connectivity index is 0.00000128. The maximum absolute atomic E-state index is 11.3. The predicted molar refractivity (Wildman–Crippen MR) is 69.5 cm³/mol. The van der Waals surface area contributed by atoms with Crippen molar-refractivity contribution in [1.29, 1.82) is 0 Å². The summed E-state index contributed by atoms with van der Waals surface area (Å²) in [6, 6.07) is 8.05. The monoisotopic (exact) mass is 304 g/mol. The summed E-state index contributed by atoms with van der Waals surface area (Å²) in [4.78, 5) is 11.3. The van der Waals surface area contributed by atoms with Crippen LogP contribution in [0.5, 0.6) is 0 Å². The molecule has 1 aromatic rings. The van der Waals surface area contributed by atoms with Gasteiger partial charge in [0.25, 0.3) is 0 Å². The van der Waals surface area contributed by atoms with Crippen LogP contribution in [0.25, 0.3) is 0 Å². The van der Waals surface area contributed by atoms with Crippen LogP contribution in [-0.4, -0.2) is 12.5 Å². The van der Waals surface area contributed by atoms with Gasteiger partial charge in [0.05, 0.1) is 12.1 Å². The van der Waals surface area contributed by atoms with Crippen molar-refractivity contribution in [3.05, 3.63) is 34.3 Å². The summed E-state index contributed by atoms with van der Waals surface area (Å²) in [5.41, 5.74) is 6.31. The highest BCUT2D eigenvalue weighted by molar-refractivity contribution is 9.10. The molecule has 0 heterocycles. The summed E-state index contributed by atoms with van der Waals surface area (Å²) in [5, 5.41) is 2.97. The molecule has 0 saturated heterocycles. The number of hydrogen-bond acceptors (Lipinski definition) is 2. The highest BCUT2D eigenvalue weighted by Crippen LogP contribution is 2.45. The molecule has 1 amide bonds. The lowest BCUT2D eigenvalue weighted by atomic mass is 10.1. The van der Waals surface area contributed by atoms with Gasteiger partial charge >= 0.3 is 0 Å². The lowest BCUT2D eigenvalue weighted by Crippen LogP contribution is -2.38. The minimum atomic E-state index is -0.142. The normalized spacial score (nSPS) is 16.1. The number of amides is 1. The van der Waals surface area contributed by atoms with E-state index in [4.69, 9.17) is 5.73 Å². The summed E-state index contributed by atoms with van der Waals surface area (Å²) in [7, 11) is 0. The van der Waals surface area contributed by atoms with Gasteiger partial charge in [-0.2, -0.15) is 0 Å². The van der Waals surface area contributed by atoms with Crippen LogP contribution < -0.4 is 11.1 Å². The van der Waals surface area contributed by atoms with E-state index < -0.39 is 0 Å². The van der Waals surface area contributed by atoms with Crippen molar-refractivity contribution in [3.63, 3.8) is 0 Å². The van der Waals surface area contributed by atoms with Gasteiger partial charge in [-0.3, -0.25) is 4.79 Å². The Morgan fingerprint density at radius 3 is 2.38 bits per heavy atom. The second kappa shape index (κ2) is 5.17. The molecule has 0 unspecified atom stereocenters. The first-order valence-electron chi connectivity index (χ1n) is 4.93. The molecule has 1 aliphatic rings. The van der Waals surface area contributed by atoms with E-state index >= 15 is 0 Å². The number of carbonyl (C=O) groups excluding carboxylic acids is 1. The van der Waals surface area contributed by atoms with Crippen LogP contribution in [0.3, 0.4) is 0 Å². The number of halogens is 2. The van der Waals surface area contributed by atoms with Gasteiger partial charge in [0.1, 0.15) is 0 Å². The first-order chi connectivity index (χ1) is 7.16. The summed E-state index contributed by atoms with van der Waals surface area (Å²) >= 11 is 3.39. The Morgan fingerprint density at radius 2 is 1.94 bits per heavy atom. The largest absolute Gasteiger partial charge is 0.345 e. The topological polar surface area (TPSA) is 55.1 Å². The van der Waals surface area contributed by atoms with Gasteiger partial charge in [-0.05, 0) is 30.5 Å². The number of nitrogens with one attached hydrogen (secondary N) is 1. The first-order valence-corrected chi connectivity index (χ1v) is 5.73. The third kappa shape index (κ3) is 2.75. The zero-order chi connectivity index (χ0) is 10.9. The first kappa shape index (κ1) is 13.5. The molecular weight excluding hydrogens is 291 g/mol. The minimum Gasteiger partial charge on any atom is -0.345 e. The maximum atomic E-state index is 11.3. The van der Waals surface area contributed by atoms with E-state index in [9.17, 15) is 4.79 Å². The van der Waals surface area contributed by atoms with Crippen molar-refractivity contribution in [2.75, 3.05) is 6.54 Å². The average molecular weight is 306 g/mol. The number of carbonyl (C=O) groups is 1. The van der Waals surface area contributed by atoms with Crippen LogP contribution in [-0.2, 0) is 10.3 Å². The van der Waals surface area contributed by atoms with E-state index in [0.29, 0.717) is 0 Å². The molecule has 5 heteroatoms. The summed E-state index contributed by atoms with van der Waals surface area (Å²) < 4.78 is 1.05. The third-order valence-electron chi connectivity index (χ3n) is 2.71. The van der Waals surface area contributed by atoms with Crippen LogP contribution >= 0.6 is 28.3 Å². The Kier molecular flexibility index (Phi) is 4.35. The standard InChI is InChI=1S/C11H13BrN2O.ClH/c12-9-3-1-8(2-4-9)11(5-6-11)14-10(15)7-13;/h1-4H,5-7,13H2,(H,14,15);1H. The molecule has 0 radical (unpaired) electrons. The van der Waals surface area contributed by atoms with Crippen LogP contribution in [0.1, 0.15) is 18.4 Å². The Hall–Kier alpha value is -0.580. The average Bonchev–Trinajstić information content (AvgIpc) is 3.00.